The molecule has 0 saturated carbocycles. The number of carbonyl (C=O) groups excluding carboxylic acids is 1. The molecule has 1 unspecified atom stereocenters. The number of hydrogen-bond donors (Lipinski definition) is 3. The highest BCUT2D eigenvalue weighted by molar-refractivity contribution is 5.77. The van der Waals surface area contributed by atoms with Gasteiger partial charge in [-0.1, -0.05) is 13.8 Å². The van der Waals surface area contributed by atoms with Crippen LogP contribution in [0.5, 0.6) is 0 Å². The molecule has 0 saturated heterocycles. The van der Waals surface area contributed by atoms with E-state index in [1.807, 2.05) is 20.8 Å². The van der Waals surface area contributed by atoms with Crippen molar-refractivity contribution >= 4 is 5.91 Å². The quantitative estimate of drug-likeness (QED) is 0.573. The van der Waals surface area contributed by atoms with Crippen LogP contribution in [0.25, 0.3) is 0 Å². The van der Waals surface area contributed by atoms with E-state index in [1.54, 1.807) is 6.92 Å². The maximum absolute atomic E-state index is 11.0. The Bertz CT molecular complexity index is 179. The van der Waals surface area contributed by atoms with Gasteiger partial charge in [-0.3, -0.25) is 4.79 Å². The fourth-order valence-corrected chi connectivity index (χ4v) is 0.893. The molecule has 4 nitrogen and oxygen atoms in total. The van der Waals surface area contributed by atoms with Crippen molar-refractivity contribution in [2.75, 3.05) is 19.6 Å². The molecule has 1 amide bonds. The number of amides is 1. The van der Waals surface area contributed by atoms with Gasteiger partial charge in [0.15, 0.2) is 0 Å². The van der Waals surface area contributed by atoms with Gasteiger partial charge in [0.2, 0.25) is 5.91 Å². The van der Waals surface area contributed by atoms with Gasteiger partial charge in [-0.2, -0.15) is 0 Å². The van der Waals surface area contributed by atoms with Gasteiger partial charge >= 0.3 is 0 Å². The van der Waals surface area contributed by atoms with Crippen LogP contribution in [0.4, 0.5) is 0 Å². The molecule has 0 aliphatic carbocycles. The largest absolute Gasteiger partial charge is 0.389 e. The van der Waals surface area contributed by atoms with Crippen LogP contribution in [0.1, 0.15) is 27.7 Å². The highest BCUT2D eigenvalue weighted by Gasteiger charge is 2.24. The molecule has 0 spiro atoms. The van der Waals surface area contributed by atoms with Crippen molar-refractivity contribution in [1.29, 1.82) is 0 Å². The van der Waals surface area contributed by atoms with Crippen molar-refractivity contribution in [3.63, 3.8) is 0 Å². The number of likely N-dealkylation sites (N-methyl/N-ethyl adjacent to an activating group) is 1. The minimum atomic E-state index is -0.757. The molecule has 84 valence electrons. The summed E-state index contributed by atoms with van der Waals surface area (Å²) in [4.78, 5) is 11.0. The van der Waals surface area contributed by atoms with Gasteiger partial charge in [0, 0.05) is 13.1 Å². The Kier molecular flexibility index (Phi) is 5.72. The number of rotatable bonds is 6. The van der Waals surface area contributed by atoms with Gasteiger partial charge < -0.3 is 15.7 Å². The maximum atomic E-state index is 11.0. The minimum Gasteiger partial charge on any atom is -0.389 e. The maximum Gasteiger partial charge on any atom is 0.233 e. The Labute approximate surface area is 86.1 Å². The Morgan fingerprint density at radius 1 is 1.50 bits per heavy atom. The van der Waals surface area contributed by atoms with Gasteiger partial charge in [0.05, 0.1) is 12.1 Å². The van der Waals surface area contributed by atoms with Gasteiger partial charge in [0.1, 0.15) is 0 Å². The first-order valence-electron chi connectivity index (χ1n) is 5.10. The Morgan fingerprint density at radius 2 is 2.07 bits per heavy atom. The Morgan fingerprint density at radius 3 is 2.50 bits per heavy atom. The van der Waals surface area contributed by atoms with E-state index in [1.165, 1.54) is 0 Å². The molecule has 0 aliphatic rings. The highest BCUT2D eigenvalue weighted by Crippen LogP contribution is 2.13. The van der Waals surface area contributed by atoms with Crippen LogP contribution in [-0.2, 0) is 4.79 Å². The van der Waals surface area contributed by atoms with Gasteiger partial charge in [0.25, 0.3) is 0 Å². The van der Waals surface area contributed by atoms with E-state index < -0.39 is 5.60 Å². The lowest BCUT2D eigenvalue weighted by atomic mass is 9.93. The molecular formula is C10H22N2O2. The predicted octanol–water partition coefficient (Wildman–Crippen LogP) is 0.119. The highest BCUT2D eigenvalue weighted by atomic mass is 16.3. The number of carbonyl (C=O) groups is 1. The Balaban J connectivity index is 3.68. The molecule has 0 aromatic heterocycles. The minimum absolute atomic E-state index is 0.0351. The van der Waals surface area contributed by atoms with Crippen molar-refractivity contribution < 1.29 is 9.90 Å². The second-order valence-corrected chi connectivity index (χ2v) is 4.07. The zero-order chi connectivity index (χ0) is 11.2. The van der Waals surface area contributed by atoms with Crippen molar-refractivity contribution in [1.82, 2.24) is 10.6 Å². The third-order valence-corrected chi connectivity index (χ3v) is 2.39. The summed E-state index contributed by atoms with van der Waals surface area (Å²) in [7, 11) is 0. The lowest BCUT2D eigenvalue weighted by Crippen LogP contribution is -2.45. The molecule has 0 heterocycles. The summed E-state index contributed by atoms with van der Waals surface area (Å²) in [5, 5.41) is 15.4. The zero-order valence-corrected chi connectivity index (χ0v) is 9.55. The second-order valence-electron chi connectivity index (χ2n) is 4.07. The molecule has 3 N–H and O–H groups in total. The summed E-state index contributed by atoms with van der Waals surface area (Å²) < 4.78 is 0. The molecular weight excluding hydrogens is 180 g/mol. The fourth-order valence-electron chi connectivity index (χ4n) is 0.893. The van der Waals surface area contributed by atoms with E-state index in [9.17, 15) is 9.90 Å². The predicted molar refractivity (Wildman–Crippen MR) is 57.0 cm³/mol. The first kappa shape index (κ1) is 13.4. The normalized spacial score (nSPS) is 15.3. The van der Waals surface area contributed by atoms with Gasteiger partial charge in [-0.15, -0.1) is 0 Å². The van der Waals surface area contributed by atoms with Gasteiger partial charge in [-0.25, -0.2) is 0 Å². The molecule has 0 aromatic rings. The number of aliphatic hydroxyl groups is 1. The summed E-state index contributed by atoms with van der Waals surface area (Å²) >= 11 is 0. The second kappa shape index (κ2) is 5.98. The number of nitrogens with one attached hydrogen (secondary N) is 2. The molecule has 14 heavy (non-hydrogen) atoms. The lowest BCUT2D eigenvalue weighted by molar-refractivity contribution is -0.120. The van der Waals surface area contributed by atoms with Crippen LogP contribution in [-0.4, -0.2) is 36.2 Å². The molecule has 1 atom stereocenters. The van der Waals surface area contributed by atoms with E-state index in [-0.39, 0.29) is 18.4 Å². The van der Waals surface area contributed by atoms with E-state index in [2.05, 4.69) is 10.6 Å². The average Bonchev–Trinajstić information content (AvgIpc) is 2.04. The van der Waals surface area contributed by atoms with Crippen LogP contribution in [0.2, 0.25) is 0 Å². The number of hydrogen-bond acceptors (Lipinski definition) is 3. The molecule has 0 aromatic carbocycles. The van der Waals surface area contributed by atoms with E-state index in [4.69, 9.17) is 0 Å². The van der Waals surface area contributed by atoms with Crippen molar-refractivity contribution in [3.8, 4) is 0 Å². The van der Waals surface area contributed by atoms with Crippen molar-refractivity contribution in [2.45, 2.75) is 33.3 Å². The molecule has 0 radical (unpaired) electrons. The summed E-state index contributed by atoms with van der Waals surface area (Å²) in [6.07, 6.45) is 0. The topological polar surface area (TPSA) is 61.4 Å². The smallest absolute Gasteiger partial charge is 0.233 e. The van der Waals surface area contributed by atoms with Gasteiger partial charge in [-0.05, 0) is 19.8 Å². The zero-order valence-electron chi connectivity index (χ0n) is 9.55. The molecule has 0 aliphatic heterocycles. The standard InChI is InChI=1S/C10H22N2O2/c1-5-12-9(13)6-11-7-10(4,14)8(2)3/h8,11,14H,5-7H2,1-4H3,(H,12,13). The summed E-state index contributed by atoms with van der Waals surface area (Å²) in [5.74, 6) is 0.135. The monoisotopic (exact) mass is 202 g/mol. The lowest BCUT2D eigenvalue weighted by Gasteiger charge is -2.27. The molecule has 4 heteroatoms. The van der Waals surface area contributed by atoms with Crippen LogP contribution in [0.15, 0.2) is 0 Å². The first-order valence-corrected chi connectivity index (χ1v) is 5.10. The SMILES string of the molecule is CCNC(=O)CNCC(C)(O)C(C)C. The van der Waals surface area contributed by atoms with E-state index >= 15 is 0 Å². The van der Waals surface area contributed by atoms with Crippen LogP contribution >= 0.6 is 0 Å². The van der Waals surface area contributed by atoms with E-state index in [0.717, 1.165) is 0 Å². The van der Waals surface area contributed by atoms with Crippen molar-refractivity contribution in [2.24, 2.45) is 5.92 Å². The Hall–Kier alpha value is -0.610. The molecule has 0 rings (SSSR count). The third-order valence-electron chi connectivity index (χ3n) is 2.39. The van der Waals surface area contributed by atoms with Crippen molar-refractivity contribution in [3.05, 3.63) is 0 Å². The molecule has 0 bridgehead atoms. The summed E-state index contributed by atoms with van der Waals surface area (Å²) in [6, 6.07) is 0. The summed E-state index contributed by atoms with van der Waals surface area (Å²) in [5.41, 5.74) is -0.757. The fraction of sp³-hybridized carbons (Fsp3) is 0.900. The van der Waals surface area contributed by atoms with Crippen LogP contribution < -0.4 is 10.6 Å². The third kappa shape index (κ3) is 5.19. The first-order chi connectivity index (χ1) is 6.40. The average molecular weight is 202 g/mol. The van der Waals surface area contributed by atoms with Crippen LogP contribution in [0, 0.1) is 5.92 Å². The molecule has 0 fully saturated rings. The van der Waals surface area contributed by atoms with E-state index in [0.29, 0.717) is 13.1 Å². The summed E-state index contributed by atoms with van der Waals surface area (Å²) in [6.45, 7) is 8.88. The van der Waals surface area contributed by atoms with Crippen LogP contribution in [0.3, 0.4) is 0 Å².